The van der Waals surface area contributed by atoms with Gasteiger partial charge in [-0.05, 0) is 24.3 Å². The molecule has 1 saturated heterocycles. The molecule has 0 saturated carbocycles. The second kappa shape index (κ2) is 5.87. The third-order valence-corrected chi connectivity index (χ3v) is 4.32. The summed E-state index contributed by atoms with van der Waals surface area (Å²) in [6.07, 6.45) is 1.22. The van der Waals surface area contributed by atoms with Crippen LogP contribution in [0.4, 0.5) is 0 Å². The molecule has 0 amide bonds. The van der Waals surface area contributed by atoms with Gasteiger partial charge in [0.15, 0.2) is 0 Å². The van der Waals surface area contributed by atoms with Gasteiger partial charge < -0.3 is 5.32 Å². The summed E-state index contributed by atoms with van der Waals surface area (Å²) in [5.41, 5.74) is 1.81. The second-order valence-electron chi connectivity index (χ2n) is 7.61. The smallest absolute Gasteiger partial charge is 0.0535 e. The summed E-state index contributed by atoms with van der Waals surface area (Å²) < 4.78 is 0. The van der Waals surface area contributed by atoms with Gasteiger partial charge in [-0.3, -0.25) is 4.90 Å². The highest BCUT2D eigenvalue weighted by Gasteiger charge is 2.37. The number of piperazine rings is 1. The molecular formula is C18H30N2. The third kappa shape index (κ3) is 3.62. The number of nitrogens with zero attached hydrogens (tertiary/aromatic N) is 1. The summed E-state index contributed by atoms with van der Waals surface area (Å²) in [7, 11) is 0. The zero-order chi connectivity index (χ0) is 14.8. The van der Waals surface area contributed by atoms with Crippen molar-refractivity contribution in [1.29, 1.82) is 0 Å². The lowest BCUT2D eigenvalue weighted by Gasteiger charge is -2.48. The highest BCUT2D eigenvalue weighted by atomic mass is 15.3. The third-order valence-electron chi connectivity index (χ3n) is 4.32. The maximum atomic E-state index is 3.79. The first-order valence-corrected chi connectivity index (χ1v) is 7.89. The minimum atomic E-state index is 0.0676. The lowest BCUT2D eigenvalue weighted by atomic mass is 9.86. The Morgan fingerprint density at radius 3 is 2.45 bits per heavy atom. The summed E-state index contributed by atoms with van der Waals surface area (Å²) in [5.74, 6) is 0. The summed E-state index contributed by atoms with van der Waals surface area (Å²) in [6.45, 7) is 15.0. The van der Waals surface area contributed by atoms with Crippen LogP contribution in [0.25, 0.3) is 0 Å². The Labute approximate surface area is 124 Å². The number of nitrogens with one attached hydrogen (secondary N) is 1. The fourth-order valence-electron chi connectivity index (χ4n) is 3.26. The van der Waals surface area contributed by atoms with E-state index in [1.54, 1.807) is 0 Å². The number of benzene rings is 1. The van der Waals surface area contributed by atoms with Crippen molar-refractivity contribution in [3.8, 4) is 0 Å². The zero-order valence-corrected chi connectivity index (χ0v) is 13.7. The predicted molar refractivity (Wildman–Crippen MR) is 86.9 cm³/mol. The molecule has 0 bridgehead atoms. The van der Waals surface area contributed by atoms with Gasteiger partial charge in [-0.2, -0.15) is 0 Å². The van der Waals surface area contributed by atoms with Crippen LogP contribution < -0.4 is 5.32 Å². The molecule has 0 spiro atoms. The van der Waals surface area contributed by atoms with Gasteiger partial charge in [0.05, 0.1) is 5.54 Å². The van der Waals surface area contributed by atoms with E-state index in [1.807, 2.05) is 0 Å². The number of hydrogen-bond donors (Lipinski definition) is 1. The van der Waals surface area contributed by atoms with E-state index in [0.717, 1.165) is 19.6 Å². The standard InChI is InChI=1S/C18H30N2/c1-6-16-12-19-18(5,15-10-8-7-9-11-15)14-20(16)13-17(2,3)4/h7-11,16,19H,6,12-14H2,1-5H3. The van der Waals surface area contributed by atoms with E-state index in [9.17, 15) is 0 Å². The van der Waals surface area contributed by atoms with Gasteiger partial charge in [0, 0.05) is 25.7 Å². The van der Waals surface area contributed by atoms with Crippen molar-refractivity contribution in [1.82, 2.24) is 10.2 Å². The first kappa shape index (κ1) is 15.5. The maximum Gasteiger partial charge on any atom is 0.0535 e. The molecule has 1 heterocycles. The molecule has 2 heteroatoms. The Bertz CT molecular complexity index is 421. The van der Waals surface area contributed by atoms with Crippen molar-refractivity contribution < 1.29 is 0 Å². The molecule has 2 rings (SSSR count). The molecular weight excluding hydrogens is 244 g/mol. The van der Waals surface area contributed by atoms with Gasteiger partial charge in [-0.1, -0.05) is 58.0 Å². The normalized spacial score (nSPS) is 28.6. The van der Waals surface area contributed by atoms with Gasteiger partial charge in [-0.25, -0.2) is 0 Å². The van der Waals surface area contributed by atoms with Crippen LogP contribution in [0.3, 0.4) is 0 Å². The number of rotatable bonds is 3. The van der Waals surface area contributed by atoms with Gasteiger partial charge in [0.2, 0.25) is 0 Å². The van der Waals surface area contributed by atoms with Gasteiger partial charge in [0.1, 0.15) is 0 Å². The fraction of sp³-hybridized carbons (Fsp3) is 0.667. The van der Waals surface area contributed by atoms with E-state index in [4.69, 9.17) is 0 Å². The highest BCUT2D eigenvalue weighted by molar-refractivity contribution is 5.25. The Hall–Kier alpha value is -0.860. The molecule has 2 unspecified atom stereocenters. The van der Waals surface area contributed by atoms with Gasteiger partial charge in [-0.15, -0.1) is 0 Å². The largest absolute Gasteiger partial charge is 0.305 e. The van der Waals surface area contributed by atoms with Crippen molar-refractivity contribution in [2.75, 3.05) is 19.6 Å². The molecule has 20 heavy (non-hydrogen) atoms. The van der Waals surface area contributed by atoms with Crippen LogP contribution in [-0.2, 0) is 5.54 Å². The maximum absolute atomic E-state index is 3.79. The summed E-state index contributed by atoms with van der Waals surface area (Å²) >= 11 is 0. The molecule has 1 N–H and O–H groups in total. The molecule has 0 radical (unpaired) electrons. The number of hydrogen-bond acceptors (Lipinski definition) is 2. The van der Waals surface area contributed by atoms with Gasteiger partial charge >= 0.3 is 0 Å². The van der Waals surface area contributed by atoms with Crippen LogP contribution >= 0.6 is 0 Å². The van der Waals surface area contributed by atoms with Crippen molar-refractivity contribution in [2.45, 2.75) is 52.6 Å². The minimum absolute atomic E-state index is 0.0676. The molecule has 112 valence electrons. The molecule has 1 fully saturated rings. The van der Waals surface area contributed by atoms with Crippen molar-refractivity contribution in [3.05, 3.63) is 35.9 Å². The van der Waals surface area contributed by atoms with Crippen LogP contribution in [0.1, 0.15) is 46.6 Å². The molecule has 0 aromatic heterocycles. The van der Waals surface area contributed by atoms with E-state index in [-0.39, 0.29) is 5.54 Å². The summed E-state index contributed by atoms with van der Waals surface area (Å²) in [6, 6.07) is 11.5. The van der Waals surface area contributed by atoms with E-state index >= 15 is 0 Å². The molecule has 1 aliphatic rings. The first-order valence-electron chi connectivity index (χ1n) is 7.89. The van der Waals surface area contributed by atoms with Crippen LogP contribution in [0.2, 0.25) is 0 Å². The predicted octanol–water partition coefficient (Wildman–Crippen LogP) is 3.63. The lowest BCUT2D eigenvalue weighted by Crippen LogP contribution is -2.62. The van der Waals surface area contributed by atoms with Crippen LogP contribution in [0, 0.1) is 5.41 Å². The Morgan fingerprint density at radius 2 is 1.90 bits per heavy atom. The second-order valence-corrected chi connectivity index (χ2v) is 7.61. The Balaban J connectivity index is 2.19. The van der Waals surface area contributed by atoms with E-state index in [0.29, 0.717) is 11.5 Å². The zero-order valence-electron chi connectivity index (χ0n) is 13.7. The molecule has 2 atom stereocenters. The van der Waals surface area contributed by atoms with E-state index in [2.05, 4.69) is 75.2 Å². The SMILES string of the molecule is CCC1CNC(C)(c2ccccc2)CN1CC(C)(C)C. The van der Waals surface area contributed by atoms with E-state index < -0.39 is 0 Å². The summed E-state index contributed by atoms with van der Waals surface area (Å²) in [4.78, 5) is 2.68. The minimum Gasteiger partial charge on any atom is -0.305 e. The lowest BCUT2D eigenvalue weighted by molar-refractivity contribution is 0.0541. The summed E-state index contributed by atoms with van der Waals surface area (Å²) in [5, 5.41) is 3.79. The van der Waals surface area contributed by atoms with Crippen LogP contribution in [0.15, 0.2) is 30.3 Å². The Morgan fingerprint density at radius 1 is 1.25 bits per heavy atom. The molecule has 0 aliphatic carbocycles. The quantitative estimate of drug-likeness (QED) is 0.905. The first-order chi connectivity index (χ1) is 9.34. The molecule has 1 aliphatic heterocycles. The van der Waals surface area contributed by atoms with Gasteiger partial charge in [0.25, 0.3) is 0 Å². The molecule has 2 nitrogen and oxygen atoms in total. The van der Waals surface area contributed by atoms with Crippen LogP contribution in [-0.4, -0.2) is 30.6 Å². The fourth-order valence-corrected chi connectivity index (χ4v) is 3.26. The Kier molecular flexibility index (Phi) is 4.55. The molecule has 1 aromatic carbocycles. The topological polar surface area (TPSA) is 15.3 Å². The average molecular weight is 274 g/mol. The van der Waals surface area contributed by atoms with Crippen molar-refractivity contribution in [2.24, 2.45) is 5.41 Å². The highest BCUT2D eigenvalue weighted by Crippen LogP contribution is 2.29. The molecule has 1 aromatic rings. The van der Waals surface area contributed by atoms with E-state index in [1.165, 1.54) is 12.0 Å². The average Bonchev–Trinajstić information content (AvgIpc) is 2.38. The van der Waals surface area contributed by atoms with Crippen molar-refractivity contribution >= 4 is 0 Å². The van der Waals surface area contributed by atoms with Crippen LogP contribution in [0.5, 0.6) is 0 Å². The monoisotopic (exact) mass is 274 g/mol. The van der Waals surface area contributed by atoms with Crippen molar-refractivity contribution in [3.63, 3.8) is 0 Å².